The Bertz CT molecular complexity index is 447. The van der Waals surface area contributed by atoms with Crippen LogP contribution in [0.3, 0.4) is 0 Å². The Balaban J connectivity index is 2.79. The smallest absolute Gasteiger partial charge is 0.0517 e. The van der Waals surface area contributed by atoms with Gasteiger partial charge in [0, 0.05) is 15.5 Å². The molecule has 1 aromatic heterocycles. The van der Waals surface area contributed by atoms with Crippen LogP contribution in [0.1, 0.15) is 12.5 Å². The highest BCUT2D eigenvalue weighted by Gasteiger charge is 2.06. The van der Waals surface area contributed by atoms with E-state index in [1.54, 1.807) is 11.3 Å². The first kappa shape index (κ1) is 8.85. The van der Waals surface area contributed by atoms with Crippen LogP contribution in [0.2, 0.25) is 5.02 Å². The van der Waals surface area contributed by atoms with Crippen molar-refractivity contribution in [3.05, 3.63) is 28.1 Å². The summed E-state index contributed by atoms with van der Waals surface area (Å²) < 4.78 is 1.18. The molecule has 0 spiro atoms. The van der Waals surface area contributed by atoms with Gasteiger partial charge in [-0.1, -0.05) is 18.5 Å². The maximum Gasteiger partial charge on any atom is 0.0517 e. The number of thiophene rings is 1. The lowest BCUT2D eigenvalue weighted by atomic mass is 10.1. The standard InChI is InChI=1S/C10H10ClNS/c1-2-6-3-7(11)10-8(12)5-13-9(10)4-6/h3-5H,2,12H2,1H3. The van der Waals surface area contributed by atoms with Crippen molar-refractivity contribution in [3.8, 4) is 0 Å². The molecule has 0 unspecified atom stereocenters. The average Bonchev–Trinajstić information content (AvgIpc) is 2.48. The van der Waals surface area contributed by atoms with E-state index in [2.05, 4.69) is 13.0 Å². The lowest BCUT2D eigenvalue weighted by Gasteiger charge is -2.00. The molecule has 3 heteroatoms. The quantitative estimate of drug-likeness (QED) is 0.765. The number of anilines is 1. The molecule has 0 radical (unpaired) electrons. The number of fused-ring (bicyclic) bond motifs is 1. The molecule has 2 N–H and O–H groups in total. The summed E-state index contributed by atoms with van der Waals surface area (Å²) in [5, 5.41) is 3.72. The van der Waals surface area contributed by atoms with Gasteiger partial charge in [0.15, 0.2) is 0 Å². The monoisotopic (exact) mass is 211 g/mol. The molecule has 1 nitrogen and oxygen atoms in total. The van der Waals surface area contributed by atoms with Crippen LogP contribution in [0.4, 0.5) is 5.69 Å². The van der Waals surface area contributed by atoms with Crippen molar-refractivity contribution in [1.29, 1.82) is 0 Å². The van der Waals surface area contributed by atoms with Gasteiger partial charge in [-0.3, -0.25) is 0 Å². The number of hydrogen-bond donors (Lipinski definition) is 1. The van der Waals surface area contributed by atoms with Gasteiger partial charge in [-0.25, -0.2) is 0 Å². The first-order valence-electron chi connectivity index (χ1n) is 4.17. The average molecular weight is 212 g/mol. The van der Waals surface area contributed by atoms with Crippen LogP contribution in [0.25, 0.3) is 10.1 Å². The molecular weight excluding hydrogens is 202 g/mol. The van der Waals surface area contributed by atoms with Gasteiger partial charge in [-0.05, 0) is 24.1 Å². The predicted octanol–water partition coefficient (Wildman–Crippen LogP) is 3.70. The minimum Gasteiger partial charge on any atom is -0.398 e. The topological polar surface area (TPSA) is 26.0 Å². The number of rotatable bonds is 1. The highest BCUT2D eigenvalue weighted by atomic mass is 35.5. The summed E-state index contributed by atoms with van der Waals surface area (Å²) >= 11 is 7.76. The van der Waals surface area contributed by atoms with Gasteiger partial charge in [0.1, 0.15) is 0 Å². The summed E-state index contributed by atoms with van der Waals surface area (Å²) in [6.07, 6.45) is 1.01. The molecule has 13 heavy (non-hydrogen) atoms. The van der Waals surface area contributed by atoms with Crippen molar-refractivity contribution in [2.45, 2.75) is 13.3 Å². The van der Waals surface area contributed by atoms with Crippen molar-refractivity contribution in [2.75, 3.05) is 5.73 Å². The Morgan fingerprint density at radius 2 is 2.23 bits per heavy atom. The van der Waals surface area contributed by atoms with Crippen molar-refractivity contribution in [2.24, 2.45) is 0 Å². The van der Waals surface area contributed by atoms with Crippen molar-refractivity contribution in [3.63, 3.8) is 0 Å². The van der Waals surface area contributed by atoms with E-state index in [1.165, 1.54) is 10.3 Å². The first-order valence-corrected chi connectivity index (χ1v) is 5.43. The molecular formula is C10H10ClNS. The van der Waals surface area contributed by atoms with Crippen molar-refractivity contribution >= 4 is 38.7 Å². The van der Waals surface area contributed by atoms with Gasteiger partial charge in [0.2, 0.25) is 0 Å². The summed E-state index contributed by atoms with van der Waals surface area (Å²) in [6, 6.07) is 4.15. The maximum absolute atomic E-state index is 6.11. The molecule has 0 saturated carbocycles. The lowest BCUT2D eigenvalue weighted by Crippen LogP contribution is -1.83. The van der Waals surface area contributed by atoms with Gasteiger partial charge >= 0.3 is 0 Å². The number of hydrogen-bond acceptors (Lipinski definition) is 2. The number of halogens is 1. The molecule has 68 valence electrons. The van der Waals surface area contributed by atoms with Crippen molar-refractivity contribution in [1.82, 2.24) is 0 Å². The summed E-state index contributed by atoms with van der Waals surface area (Å²) in [6.45, 7) is 2.12. The zero-order valence-corrected chi connectivity index (χ0v) is 8.88. The van der Waals surface area contributed by atoms with E-state index in [1.807, 2.05) is 11.4 Å². The zero-order valence-electron chi connectivity index (χ0n) is 7.30. The van der Waals surface area contributed by atoms with Gasteiger partial charge in [0.05, 0.1) is 10.7 Å². The molecule has 0 atom stereocenters. The van der Waals surface area contributed by atoms with E-state index in [-0.39, 0.29) is 0 Å². The molecule has 0 aliphatic heterocycles. The van der Waals surface area contributed by atoms with Gasteiger partial charge in [-0.15, -0.1) is 11.3 Å². The first-order chi connectivity index (χ1) is 6.22. The number of aryl methyl sites for hydroxylation is 1. The third-order valence-electron chi connectivity index (χ3n) is 2.12. The van der Waals surface area contributed by atoms with Crippen LogP contribution in [-0.2, 0) is 6.42 Å². The summed E-state index contributed by atoms with van der Waals surface area (Å²) in [5.74, 6) is 0. The second-order valence-corrected chi connectivity index (χ2v) is 4.31. The van der Waals surface area contributed by atoms with Crippen LogP contribution >= 0.6 is 22.9 Å². The summed E-state index contributed by atoms with van der Waals surface area (Å²) in [4.78, 5) is 0. The third-order valence-corrected chi connectivity index (χ3v) is 3.37. The summed E-state index contributed by atoms with van der Waals surface area (Å²) in [5.41, 5.74) is 7.84. The zero-order chi connectivity index (χ0) is 9.42. The fourth-order valence-electron chi connectivity index (χ4n) is 1.40. The highest BCUT2D eigenvalue weighted by Crippen LogP contribution is 2.34. The second-order valence-electron chi connectivity index (χ2n) is 3.00. The SMILES string of the molecule is CCc1cc(Cl)c2c(N)csc2c1. The Hall–Kier alpha value is -0.730. The molecule has 0 fully saturated rings. The predicted molar refractivity (Wildman–Crippen MR) is 60.6 cm³/mol. The Labute approximate surface area is 86.1 Å². The van der Waals surface area contributed by atoms with Crippen LogP contribution < -0.4 is 5.73 Å². The van der Waals surface area contributed by atoms with E-state index in [0.29, 0.717) is 0 Å². The van der Waals surface area contributed by atoms with Crippen LogP contribution in [0.5, 0.6) is 0 Å². The molecule has 0 aliphatic rings. The molecule has 2 aromatic rings. The Morgan fingerprint density at radius 3 is 2.92 bits per heavy atom. The van der Waals surface area contributed by atoms with E-state index in [4.69, 9.17) is 17.3 Å². The van der Waals surface area contributed by atoms with Crippen LogP contribution in [0, 0.1) is 0 Å². The Kier molecular flexibility index (Phi) is 2.18. The van der Waals surface area contributed by atoms with E-state index in [9.17, 15) is 0 Å². The largest absolute Gasteiger partial charge is 0.398 e. The molecule has 0 saturated heterocycles. The third kappa shape index (κ3) is 1.40. The minimum atomic E-state index is 0.771. The van der Waals surface area contributed by atoms with Crippen LogP contribution in [-0.4, -0.2) is 0 Å². The molecule has 0 amide bonds. The maximum atomic E-state index is 6.11. The van der Waals surface area contributed by atoms with E-state index in [0.717, 1.165) is 22.5 Å². The fourth-order valence-corrected chi connectivity index (χ4v) is 2.74. The van der Waals surface area contributed by atoms with Crippen molar-refractivity contribution < 1.29 is 0 Å². The molecule has 1 heterocycles. The number of nitrogens with two attached hydrogens (primary N) is 1. The number of nitrogen functional groups attached to an aromatic ring is 1. The lowest BCUT2D eigenvalue weighted by molar-refractivity contribution is 1.15. The molecule has 0 aliphatic carbocycles. The molecule has 1 aromatic carbocycles. The Morgan fingerprint density at radius 1 is 1.46 bits per heavy atom. The molecule has 0 bridgehead atoms. The minimum absolute atomic E-state index is 0.771. The normalized spacial score (nSPS) is 10.9. The van der Waals surface area contributed by atoms with Gasteiger partial charge in [-0.2, -0.15) is 0 Å². The van der Waals surface area contributed by atoms with Crippen LogP contribution in [0.15, 0.2) is 17.5 Å². The van der Waals surface area contributed by atoms with Gasteiger partial charge in [0.25, 0.3) is 0 Å². The number of benzene rings is 1. The van der Waals surface area contributed by atoms with Gasteiger partial charge < -0.3 is 5.73 Å². The summed E-state index contributed by atoms with van der Waals surface area (Å²) in [7, 11) is 0. The molecule has 2 rings (SSSR count). The van der Waals surface area contributed by atoms with E-state index >= 15 is 0 Å². The highest BCUT2D eigenvalue weighted by molar-refractivity contribution is 7.18. The second kappa shape index (κ2) is 3.20. The van der Waals surface area contributed by atoms with E-state index < -0.39 is 0 Å². The fraction of sp³-hybridized carbons (Fsp3) is 0.200.